The summed E-state index contributed by atoms with van der Waals surface area (Å²) in [5, 5.41) is 0. The van der Waals surface area contributed by atoms with Gasteiger partial charge >= 0.3 is 6.18 Å². The summed E-state index contributed by atoms with van der Waals surface area (Å²) in [5.74, 6) is 0.0333. The molecule has 1 heterocycles. The van der Waals surface area contributed by atoms with E-state index in [0.717, 1.165) is 12.1 Å². The normalized spacial score (nSPS) is 11.5. The summed E-state index contributed by atoms with van der Waals surface area (Å²) in [7, 11) is 1.49. The van der Waals surface area contributed by atoms with Crippen LogP contribution in [0.5, 0.6) is 0 Å². The van der Waals surface area contributed by atoms with E-state index in [2.05, 4.69) is 0 Å². The van der Waals surface area contributed by atoms with Crippen molar-refractivity contribution in [3.8, 4) is 0 Å². The van der Waals surface area contributed by atoms with Gasteiger partial charge in [0.25, 0.3) is 5.91 Å². The third-order valence-electron chi connectivity index (χ3n) is 3.22. The Hall–Kier alpha value is -2.28. The molecule has 4 nitrogen and oxygen atoms in total. The van der Waals surface area contributed by atoms with Crippen molar-refractivity contribution in [1.82, 2.24) is 4.90 Å². The smallest absolute Gasteiger partial charge is 0.416 e. The van der Waals surface area contributed by atoms with Gasteiger partial charge in [-0.3, -0.25) is 4.79 Å². The number of benzene rings is 1. The van der Waals surface area contributed by atoms with Crippen LogP contribution in [0.2, 0.25) is 0 Å². The van der Waals surface area contributed by atoms with E-state index in [-0.39, 0.29) is 25.3 Å². The first-order valence-electron chi connectivity index (χ1n) is 6.89. The quantitative estimate of drug-likeness (QED) is 0.814. The van der Waals surface area contributed by atoms with Gasteiger partial charge in [0, 0.05) is 19.2 Å². The van der Waals surface area contributed by atoms with Crippen LogP contribution in [0, 0.1) is 0 Å². The summed E-state index contributed by atoms with van der Waals surface area (Å²) in [6.45, 7) is 0.670. The first kappa shape index (κ1) is 17.1. The third kappa shape index (κ3) is 4.59. The number of nitrogens with zero attached hydrogens (tertiary/aromatic N) is 1. The number of methoxy groups -OCH3 is 1. The van der Waals surface area contributed by atoms with Crippen molar-refractivity contribution in [2.45, 2.75) is 12.7 Å². The Morgan fingerprint density at radius 1 is 1.26 bits per heavy atom. The van der Waals surface area contributed by atoms with Crippen molar-refractivity contribution < 1.29 is 27.1 Å². The van der Waals surface area contributed by atoms with E-state index >= 15 is 0 Å². The molecule has 0 aliphatic rings. The summed E-state index contributed by atoms with van der Waals surface area (Å²) < 4.78 is 48.5. The average Bonchev–Trinajstić information content (AvgIpc) is 3.03. The minimum atomic E-state index is -4.49. The Morgan fingerprint density at radius 3 is 2.65 bits per heavy atom. The van der Waals surface area contributed by atoms with Crippen LogP contribution >= 0.6 is 0 Å². The number of amides is 1. The highest BCUT2D eigenvalue weighted by Crippen LogP contribution is 2.29. The standard InChI is InChI=1S/C16H16F3NO3/c1-22-9-7-20(11-14-6-3-8-23-14)15(21)12-4-2-5-13(10-12)16(17,18)19/h2-6,8,10H,7,9,11H2,1H3. The van der Waals surface area contributed by atoms with E-state index in [1.807, 2.05) is 0 Å². The zero-order chi connectivity index (χ0) is 16.9. The van der Waals surface area contributed by atoms with Crippen LogP contribution in [0.3, 0.4) is 0 Å². The van der Waals surface area contributed by atoms with Crippen LogP contribution in [0.15, 0.2) is 47.1 Å². The van der Waals surface area contributed by atoms with Crippen LogP contribution in [0.4, 0.5) is 13.2 Å². The molecule has 0 unspecified atom stereocenters. The molecule has 0 fully saturated rings. The number of carbonyl (C=O) groups excluding carboxylic acids is 1. The largest absolute Gasteiger partial charge is 0.467 e. The van der Waals surface area contributed by atoms with Gasteiger partial charge in [-0.1, -0.05) is 6.07 Å². The van der Waals surface area contributed by atoms with Gasteiger partial charge in [0.1, 0.15) is 5.76 Å². The van der Waals surface area contributed by atoms with Crippen molar-refractivity contribution in [1.29, 1.82) is 0 Å². The molecule has 0 N–H and O–H groups in total. The molecule has 0 spiro atoms. The molecule has 1 amide bonds. The van der Waals surface area contributed by atoms with Crippen molar-refractivity contribution in [3.05, 3.63) is 59.5 Å². The Balaban J connectivity index is 2.22. The van der Waals surface area contributed by atoms with E-state index < -0.39 is 17.6 Å². The number of halogens is 3. The number of alkyl halides is 3. The van der Waals surface area contributed by atoms with E-state index in [9.17, 15) is 18.0 Å². The lowest BCUT2D eigenvalue weighted by atomic mass is 10.1. The van der Waals surface area contributed by atoms with Crippen molar-refractivity contribution in [2.24, 2.45) is 0 Å². The predicted octanol–water partition coefficient (Wildman–Crippen LogP) is 3.59. The Morgan fingerprint density at radius 2 is 2.04 bits per heavy atom. The van der Waals surface area contributed by atoms with Crippen molar-refractivity contribution >= 4 is 5.91 Å². The molecule has 7 heteroatoms. The van der Waals surface area contributed by atoms with Gasteiger partial charge in [-0.2, -0.15) is 13.2 Å². The van der Waals surface area contributed by atoms with Gasteiger partial charge in [0.15, 0.2) is 0 Å². The van der Waals surface area contributed by atoms with Crippen molar-refractivity contribution in [3.63, 3.8) is 0 Å². The molecule has 0 saturated heterocycles. The van der Waals surface area contributed by atoms with E-state index in [4.69, 9.17) is 9.15 Å². The van der Waals surface area contributed by atoms with Crippen LogP contribution in [-0.4, -0.2) is 31.1 Å². The molecule has 23 heavy (non-hydrogen) atoms. The topological polar surface area (TPSA) is 42.7 Å². The second-order valence-corrected chi connectivity index (χ2v) is 4.88. The zero-order valence-corrected chi connectivity index (χ0v) is 12.5. The fourth-order valence-electron chi connectivity index (χ4n) is 2.06. The van der Waals surface area contributed by atoms with Crippen LogP contribution in [0.1, 0.15) is 21.7 Å². The molecule has 2 rings (SSSR count). The van der Waals surface area contributed by atoms with Crippen molar-refractivity contribution in [2.75, 3.05) is 20.3 Å². The summed E-state index contributed by atoms with van der Waals surface area (Å²) in [6.07, 6.45) is -3.02. The van der Waals surface area contributed by atoms with Gasteiger partial charge < -0.3 is 14.1 Å². The molecule has 0 atom stereocenters. The van der Waals surface area contributed by atoms with E-state index in [1.54, 1.807) is 12.1 Å². The highest BCUT2D eigenvalue weighted by Gasteiger charge is 2.31. The third-order valence-corrected chi connectivity index (χ3v) is 3.22. The summed E-state index contributed by atoms with van der Waals surface area (Å²) >= 11 is 0. The Bertz CT molecular complexity index is 638. The minimum Gasteiger partial charge on any atom is -0.467 e. The summed E-state index contributed by atoms with van der Waals surface area (Å²) in [4.78, 5) is 13.9. The van der Waals surface area contributed by atoms with Gasteiger partial charge in [0.2, 0.25) is 0 Å². The summed E-state index contributed by atoms with van der Waals surface area (Å²) in [6, 6.07) is 7.74. The lowest BCUT2D eigenvalue weighted by Crippen LogP contribution is -2.33. The number of hydrogen-bond donors (Lipinski definition) is 0. The molecule has 0 aliphatic heterocycles. The van der Waals surface area contributed by atoms with Crippen LogP contribution < -0.4 is 0 Å². The monoisotopic (exact) mass is 327 g/mol. The van der Waals surface area contributed by atoms with Gasteiger partial charge in [0.05, 0.1) is 25.0 Å². The molecule has 0 bridgehead atoms. The fourth-order valence-corrected chi connectivity index (χ4v) is 2.06. The maximum atomic E-state index is 12.8. The van der Waals surface area contributed by atoms with Gasteiger partial charge in [-0.05, 0) is 30.3 Å². The van der Waals surface area contributed by atoms with E-state index in [1.165, 1.54) is 30.4 Å². The highest BCUT2D eigenvalue weighted by atomic mass is 19.4. The second-order valence-electron chi connectivity index (χ2n) is 4.88. The molecular formula is C16H16F3NO3. The summed E-state index contributed by atoms with van der Waals surface area (Å²) in [5.41, 5.74) is -0.879. The van der Waals surface area contributed by atoms with Gasteiger partial charge in [-0.15, -0.1) is 0 Å². The first-order chi connectivity index (χ1) is 10.9. The lowest BCUT2D eigenvalue weighted by molar-refractivity contribution is -0.137. The highest BCUT2D eigenvalue weighted by molar-refractivity contribution is 5.94. The maximum Gasteiger partial charge on any atom is 0.416 e. The SMILES string of the molecule is COCCN(Cc1ccco1)C(=O)c1cccc(C(F)(F)F)c1. The zero-order valence-electron chi connectivity index (χ0n) is 12.5. The second kappa shape index (κ2) is 7.32. The Labute approximate surface area is 131 Å². The predicted molar refractivity (Wildman–Crippen MR) is 76.8 cm³/mol. The molecule has 1 aromatic heterocycles. The molecule has 0 aliphatic carbocycles. The number of furan rings is 1. The molecule has 0 radical (unpaired) electrons. The minimum absolute atomic E-state index is 0.0255. The lowest BCUT2D eigenvalue weighted by Gasteiger charge is -2.22. The number of rotatable bonds is 6. The Kier molecular flexibility index (Phi) is 5.44. The average molecular weight is 327 g/mol. The van der Waals surface area contributed by atoms with Crippen LogP contribution in [-0.2, 0) is 17.5 Å². The number of hydrogen-bond acceptors (Lipinski definition) is 3. The molecule has 0 saturated carbocycles. The first-order valence-corrected chi connectivity index (χ1v) is 6.89. The molecular weight excluding hydrogens is 311 g/mol. The number of carbonyl (C=O) groups is 1. The molecule has 1 aromatic carbocycles. The van der Waals surface area contributed by atoms with Gasteiger partial charge in [-0.25, -0.2) is 0 Å². The van der Waals surface area contributed by atoms with E-state index in [0.29, 0.717) is 5.76 Å². The molecule has 124 valence electrons. The molecule has 2 aromatic rings. The van der Waals surface area contributed by atoms with Crippen LogP contribution in [0.25, 0.3) is 0 Å². The number of ether oxygens (including phenoxy) is 1. The maximum absolute atomic E-state index is 12.8. The fraction of sp³-hybridized carbons (Fsp3) is 0.312.